The summed E-state index contributed by atoms with van der Waals surface area (Å²) in [7, 11) is 0. The molecule has 152 valence electrons. The van der Waals surface area contributed by atoms with Crippen molar-refractivity contribution in [3.8, 4) is 0 Å². The molecule has 1 atom stereocenters. The standard InChI is InChI=1S/C23H27N3O3/c1-3-12-25(14-16-8-9-16)20(27)15-26-21(28)23(2,24-22(26)29)19-11-10-17-6-4-5-7-18(17)13-19/h4-7,10-11,13,16H,3,8-9,12,14-15H2,1-2H3,(H,24,29). The summed E-state index contributed by atoms with van der Waals surface area (Å²) in [6.45, 7) is 4.90. The van der Waals surface area contributed by atoms with E-state index in [2.05, 4.69) is 5.32 Å². The van der Waals surface area contributed by atoms with Crippen LogP contribution in [0.2, 0.25) is 0 Å². The Bertz CT molecular complexity index is 969. The fourth-order valence-corrected chi connectivity index (χ4v) is 3.97. The maximum absolute atomic E-state index is 13.2. The molecule has 2 aromatic carbocycles. The third-order valence-electron chi connectivity index (χ3n) is 5.92. The highest BCUT2D eigenvalue weighted by molar-refractivity contribution is 6.09. The van der Waals surface area contributed by atoms with Crippen molar-refractivity contribution in [3.63, 3.8) is 0 Å². The molecule has 2 fully saturated rings. The SMILES string of the molecule is CCCN(CC1CC1)C(=O)CN1C(=O)NC(C)(c2ccc3ccccc3c2)C1=O. The zero-order chi connectivity index (χ0) is 20.6. The Labute approximate surface area is 170 Å². The Morgan fingerprint density at radius 1 is 1.17 bits per heavy atom. The van der Waals surface area contributed by atoms with E-state index in [1.165, 1.54) is 0 Å². The number of nitrogens with one attached hydrogen (secondary N) is 1. The first kappa shape index (κ1) is 19.4. The monoisotopic (exact) mass is 393 g/mol. The number of amides is 4. The molecule has 0 aromatic heterocycles. The van der Waals surface area contributed by atoms with Crippen molar-refractivity contribution in [2.75, 3.05) is 19.6 Å². The van der Waals surface area contributed by atoms with Gasteiger partial charge in [-0.15, -0.1) is 0 Å². The summed E-state index contributed by atoms with van der Waals surface area (Å²) in [4.78, 5) is 41.5. The highest BCUT2D eigenvalue weighted by atomic mass is 16.2. The van der Waals surface area contributed by atoms with Gasteiger partial charge in [0.1, 0.15) is 12.1 Å². The molecule has 0 bridgehead atoms. The summed E-state index contributed by atoms with van der Waals surface area (Å²) >= 11 is 0. The molecule has 4 amide bonds. The average Bonchev–Trinajstić information content (AvgIpc) is 3.51. The Morgan fingerprint density at radius 2 is 1.90 bits per heavy atom. The third kappa shape index (κ3) is 3.71. The van der Waals surface area contributed by atoms with Gasteiger partial charge in [-0.05, 0) is 54.5 Å². The van der Waals surface area contributed by atoms with Crippen molar-refractivity contribution in [1.29, 1.82) is 0 Å². The summed E-state index contributed by atoms with van der Waals surface area (Å²) in [5, 5.41) is 4.88. The number of fused-ring (bicyclic) bond motifs is 1. The number of carbonyl (C=O) groups excluding carboxylic acids is 3. The van der Waals surface area contributed by atoms with Crippen LogP contribution in [0.5, 0.6) is 0 Å². The lowest BCUT2D eigenvalue weighted by molar-refractivity contribution is -0.139. The Hall–Kier alpha value is -2.89. The van der Waals surface area contributed by atoms with Crippen LogP contribution in [-0.4, -0.2) is 47.3 Å². The predicted molar refractivity (Wildman–Crippen MR) is 111 cm³/mol. The van der Waals surface area contributed by atoms with Crippen LogP contribution >= 0.6 is 0 Å². The fourth-order valence-electron chi connectivity index (χ4n) is 3.97. The molecule has 2 aliphatic rings. The highest BCUT2D eigenvalue weighted by Gasteiger charge is 2.49. The van der Waals surface area contributed by atoms with Crippen LogP contribution < -0.4 is 5.32 Å². The zero-order valence-corrected chi connectivity index (χ0v) is 17.0. The Morgan fingerprint density at radius 3 is 2.59 bits per heavy atom. The molecule has 1 aliphatic heterocycles. The molecular weight excluding hydrogens is 366 g/mol. The Balaban J connectivity index is 1.54. The largest absolute Gasteiger partial charge is 0.341 e. The van der Waals surface area contributed by atoms with E-state index in [-0.39, 0.29) is 18.4 Å². The second-order valence-electron chi connectivity index (χ2n) is 8.29. The first-order valence-electron chi connectivity index (χ1n) is 10.3. The van der Waals surface area contributed by atoms with Crippen molar-refractivity contribution < 1.29 is 14.4 Å². The van der Waals surface area contributed by atoms with Gasteiger partial charge in [0.25, 0.3) is 5.91 Å². The molecule has 1 saturated heterocycles. The number of urea groups is 1. The van der Waals surface area contributed by atoms with Gasteiger partial charge < -0.3 is 10.2 Å². The molecule has 2 aromatic rings. The van der Waals surface area contributed by atoms with Crippen LogP contribution in [0.1, 0.15) is 38.7 Å². The van der Waals surface area contributed by atoms with Gasteiger partial charge in [-0.3, -0.25) is 14.5 Å². The highest BCUT2D eigenvalue weighted by Crippen LogP contribution is 2.32. The van der Waals surface area contributed by atoms with Gasteiger partial charge in [-0.1, -0.05) is 43.3 Å². The lowest BCUT2D eigenvalue weighted by atomic mass is 9.90. The van der Waals surface area contributed by atoms with E-state index in [1.54, 1.807) is 11.8 Å². The lowest BCUT2D eigenvalue weighted by Gasteiger charge is -2.25. The molecule has 1 N–H and O–H groups in total. The second-order valence-corrected chi connectivity index (χ2v) is 8.29. The number of imide groups is 1. The number of hydrogen-bond acceptors (Lipinski definition) is 3. The van der Waals surface area contributed by atoms with Gasteiger partial charge in [0, 0.05) is 13.1 Å². The maximum Gasteiger partial charge on any atom is 0.325 e. The molecule has 1 unspecified atom stereocenters. The van der Waals surface area contributed by atoms with Crippen LogP contribution in [0.3, 0.4) is 0 Å². The molecule has 6 nitrogen and oxygen atoms in total. The normalized spacial score (nSPS) is 21.5. The molecule has 1 saturated carbocycles. The molecule has 0 radical (unpaired) electrons. The molecule has 0 spiro atoms. The van der Waals surface area contributed by atoms with Crippen LogP contribution in [0.4, 0.5) is 4.79 Å². The molecule has 29 heavy (non-hydrogen) atoms. The van der Waals surface area contributed by atoms with E-state index in [1.807, 2.05) is 49.4 Å². The van der Waals surface area contributed by atoms with Crippen molar-refractivity contribution >= 4 is 28.6 Å². The smallest absolute Gasteiger partial charge is 0.325 e. The summed E-state index contributed by atoms with van der Waals surface area (Å²) in [5.74, 6) is 0.0236. The Kier molecular flexibility index (Phi) is 5.03. The van der Waals surface area contributed by atoms with E-state index in [4.69, 9.17) is 0 Å². The minimum absolute atomic E-state index is 0.162. The summed E-state index contributed by atoms with van der Waals surface area (Å²) < 4.78 is 0. The van der Waals surface area contributed by atoms with E-state index in [0.29, 0.717) is 18.0 Å². The number of hydrogen-bond donors (Lipinski definition) is 1. The minimum Gasteiger partial charge on any atom is -0.341 e. The summed E-state index contributed by atoms with van der Waals surface area (Å²) in [6.07, 6.45) is 3.15. The summed E-state index contributed by atoms with van der Waals surface area (Å²) in [6, 6.07) is 13.1. The average molecular weight is 393 g/mol. The third-order valence-corrected chi connectivity index (χ3v) is 5.92. The lowest BCUT2D eigenvalue weighted by Crippen LogP contribution is -2.45. The number of carbonyl (C=O) groups is 3. The number of nitrogens with zero attached hydrogens (tertiary/aromatic N) is 2. The van der Waals surface area contributed by atoms with Gasteiger partial charge in [0.15, 0.2) is 0 Å². The molecule has 1 aliphatic carbocycles. The molecular formula is C23H27N3O3. The van der Waals surface area contributed by atoms with Crippen molar-refractivity contribution in [2.45, 2.75) is 38.6 Å². The minimum atomic E-state index is -1.17. The van der Waals surface area contributed by atoms with Crippen LogP contribution in [0.25, 0.3) is 10.8 Å². The van der Waals surface area contributed by atoms with E-state index in [0.717, 1.165) is 41.5 Å². The number of rotatable bonds is 7. The van der Waals surface area contributed by atoms with Crippen LogP contribution in [-0.2, 0) is 15.1 Å². The van der Waals surface area contributed by atoms with Gasteiger partial charge in [-0.25, -0.2) is 4.79 Å². The van der Waals surface area contributed by atoms with Gasteiger partial charge >= 0.3 is 6.03 Å². The van der Waals surface area contributed by atoms with Crippen molar-refractivity contribution in [2.24, 2.45) is 5.92 Å². The number of benzene rings is 2. The first-order valence-corrected chi connectivity index (χ1v) is 10.3. The quantitative estimate of drug-likeness (QED) is 0.734. The topological polar surface area (TPSA) is 69.7 Å². The zero-order valence-electron chi connectivity index (χ0n) is 17.0. The molecule has 1 heterocycles. The van der Waals surface area contributed by atoms with Crippen LogP contribution in [0.15, 0.2) is 42.5 Å². The molecule has 6 heteroatoms. The predicted octanol–water partition coefficient (Wildman–Crippen LogP) is 3.26. The van der Waals surface area contributed by atoms with Gasteiger partial charge in [-0.2, -0.15) is 0 Å². The molecule has 4 rings (SSSR count). The fraction of sp³-hybridized carbons (Fsp3) is 0.435. The van der Waals surface area contributed by atoms with Gasteiger partial charge in [0.05, 0.1) is 0 Å². The van der Waals surface area contributed by atoms with Gasteiger partial charge in [0.2, 0.25) is 5.91 Å². The first-order chi connectivity index (χ1) is 13.9. The van der Waals surface area contributed by atoms with Crippen molar-refractivity contribution in [3.05, 3.63) is 48.0 Å². The van der Waals surface area contributed by atoms with E-state index < -0.39 is 11.6 Å². The maximum atomic E-state index is 13.2. The van der Waals surface area contributed by atoms with Crippen LogP contribution in [0, 0.1) is 5.92 Å². The van der Waals surface area contributed by atoms with E-state index in [9.17, 15) is 14.4 Å². The van der Waals surface area contributed by atoms with E-state index >= 15 is 0 Å². The second kappa shape index (κ2) is 7.50. The van der Waals surface area contributed by atoms with Crippen molar-refractivity contribution in [1.82, 2.24) is 15.1 Å². The summed E-state index contributed by atoms with van der Waals surface area (Å²) in [5.41, 5.74) is -0.457.